The number of fused-ring (bicyclic) bond motifs is 3. The maximum absolute atomic E-state index is 13.8. The first kappa shape index (κ1) is 24.4. The zero-order valence-electron chi connectivity index (χ0n) is 20.5. The van der Waals surface area contributed by atoms with E-state index < -0.39 is 28.5 Å². The molecule has 0 unspecified atom stereocenters. The van der Waals surface area contributed by atoms with Gasteiger partial charge < -0.3 is 24.8 Å². The Morgan fingerprint density at radius 2 is 1.97 bits per heavy atom. The lowest BCUT2D eigenvalue weighted by Gasteiger charge is -2.29. The number of ether oxygens (including phenoxy) is 1. The molecule has 3 heterocycles. The highest BCUT2D eigenvalue weighted by Crippen LogP contribution is 2.57. The second-order valence-electron chi connectivity index (χ2n) is 9.10. The number of hydrogen-bond acceptors (Lipinski definition) is 11. The number of thiophene rings is 1. The van der Waals surface area contributed by atoms with Gasteiger partial charge in [0.2, 0.25) is 5.89 Å². The van der Waals surface area contributed by atoms with Crippen LogP contribution in [-0.2, 0) is 28.0 Å². The maximum atomic E-state index is 13.8. The van der Waals surface area contributed by atoms with Crippen LogP contribution in [0.15, 0.2) is 45.1 Å². The largest absolute Gasteiger partial charge is 0.507 e. The molecule has 0 radical (unpaired) electrons. The van der Waals surface area contributed by atoms with Gasteiger partial charge in [-0.3, -0.25) is 14.4 Å². The summed E-state index contributed by atoms with van der Waals surface area (Å²) < 4.78 is 11.1. The molecular weight excluding hydrogens is 498 g/mol. The third-order valence-electron chi connectivity index (χ3n) is 6.69. The molecule has 3 aromatic rings. The van der Waals surface area contributed by atoms with Crippen molar-refractivity contribution in [3.05, 3.63) is 73.9 Å². The van der Waals surface area contributed by atoms with E-state index in [-0.39, 0.29) is 57.7 Å². The van der Waals surface area contributed by atoms with Crippen molar-refractivity contribution in [3.63, 3.8) is 0 Å². The zero-order chi connectivity index (χ0) is 26.6. The number of nitrogens with one attached hydrogen (secondary N) is 1. The summed E-state index contributed by atoms with van der Waals surface area (Å²) in [6.45, 7) is 5.85. The van der Waals surface area contributed by atoms with E-state index in [0.29, 0.717) is 12.2 Å². The number of carbonyl (C=O) groups excluding carboxylic acids is 3. The van der Waals surface area contributed by atoms with Crippen molar-refractivity contribution in [1.29, 1.82) is 0 Å². The van der Waals surface area contributed by atoms with E-state index in [9.17, 15) is 24.6 Å². The van der Waals surface area contributed by atoms with Gasteiger partial charge in [0.05, 0.1) is 17.7 Å². The molecule has 37 heavy (non-hydrogen) atoms. The number of allylic oxidation sites excluding steroid dienone is 4. The van der Waals surface area contributed by atoms with Gasteiger partial charge in [0, 0.05) is 28.6 Å². The number of ketones is 3. The summed E-state index contributed by atoms with van der Waals surface area (Å²) >= 11 is 1.59. The summed E-state index contributed by atoms with van der Waals surface area (Å²) in [5.41, 5.74) is -1.51. The van der Waals surface area contributed by atoms with Gasteiger partial charge in [-0.05, 0) is 39.1 Å². The topological polar surface area (TPSA) is 152 Å². The van der Waals surface area contributed by atoms with E-state index >= 15 is 0 Å². The smallest absolute Gasteiger partial charge is 0.245 e. The van der Waals surface area contributed by atoms with E-state index in [1.165, 1.54) is 26.8 Å². The highest BCUT2D eigenvalue weighted by molar-refractivity contribution is 7.09. The summed E-state index contributed by atoms with van der Waals surface area (Å²) in [4.78, 5) is 44.6. The van der Waals surface area contributed by atoms with Crippen molar-refractivity contribution in [2.24, 2.45) is 0 Å². The Kier molecular flexibility index (Phi) is 5.75. The van der Waals surface area contributed by atoms with Crippen molar-refractivity contribution in [3.8, 4) is 17.2 Å². The molecular formula is C26H23N3O7S. The van der Waals surface area contributed by atoms with E-state index in [0.717, 1.165) is 4.88 Å². The fraction of sp³-hybridized carbons (Fsp3) is 0.269. The number of benzene rings is 1. The molecule has 2 aromatic heterocycles. The quantitative estimate of drug-likeness (QED) is 0.250. The Labute approximate surface area is 215 Å². The van der Waals surface area contributed by atoms with Crippen LogP contribution in [0.4, 0.5) is 0 Å². The van der Waals surface area contributed by atoms with E-state index in [2.05, 4.69) is 15.5 Å². The van der Waals surface area contributed by atoms with Crippen LogP contribution in [-0.4, -0.2) is 37.7 Å². The minimum Gasteiger partial charge on any atom is -0.507 e. The van der Waals surface area contributed by atoms with Crippen LogP contribution in [0.3, 0.4) is 0 Å². The second kappa shape index (κ2) is 8.70. The lowest BCUT2D eigenvalue weighted by Crippen LogP contribution is -2.41. The number of carbonyl (C=O) groups is 3. The molecule has 2 aliphatic rings. The highest BCUT2D eigenvalue weighted by atomic mass is 32.1. The summed E-state index contributed by atoms with van der Waals surface area (Å²) in [5, 5.41) is 30.3. The molecule has 1 atom stereocenters. The molecule has 0 saturated heterocycles. The standard InChI is InChI=1S/C26H23N3O7S/c1-11-22(32)20(13(3)30)24-21(23(11)33)26(4)16(35-24)9-15(31)19(25(26)34)12(2)27-10-18-28-17(29-36-18)8-14-6-5-7-37-14/h5-7,9,27,32-33H,8,10H2,1-4H3/b19-12+/t26-/m1/s1. The summed E-state index contributed by atoms with van der Waals surface area (Å²) in [6, 6.07) is 3.91. The van der Waals surface area contributed by atoms with Crippen LogP contribution in [0.2, 0.25) is 0 Å². The number of hydrogen-bond donors (Lipinski definition) is 3. The number of nitrogens with zero attached hydrogens (tertiary/aromatic N) is 2. The molecule has 10 nitrogen and oxygen atoms in total. The third-order valence-corrected chi connectivity index (χ3v) is 7.56. The first-order chi connectivity index (χ1) is 17.5. The number of rotatable bonds is 6. The zero-order valence-corrected chi connectivity index (χ0v) is 21.3. The first-order valence-corrected chi connectivity index (χ1v) is 12.3. The van der Waals surface area contributed by atoms with Gasteiger partial charge in [0.15, 0.2) is 23.2 Å². The number of Topliss-reactive ketones (excluding diaryl/α,β-unsaturated/α-hetero) is 2. The Morgan fingerprint density at radius 1 is 1.22 bits per heavy atom. The third kappa shape index (κ3) is 3.73. The van der Waals surface area contributed by atoms with Crippen LogP contribution in [0.25, 0.3) is 0 Å². The lowest BCUT2D eigenvalue weighted by molar-refractivity contribution is -0.123. The van der Waals surface area contributed by atoms with Gasteiger partial charge in [-0.2, -0.15) is 4.98 Å². The molecule has 0 bridgehead atoms. The number of aromatic hydroxyl groups is 2. The average molecular weight is 522 g/mol. The molecule has 1 aromatic carbocycles. The van der Waals surface area contributed by atoms with Gasteiger partial charge >= 0.3 is 0 Å². The highest BCUT2D eigenvalue weighted by Gasteiger charge is 2.56. The van der Waals surface area contributed by atoms with Crippen LogP contribution in [0.1, 0.15) is 58.8 Å². The van der Waals surface area contributed by atoms with Crippen molar-refractivity contribution in [1.82, 2.24) is 15.5 Å². The lowest BCUT2D eigenvalue weighted by atomic mass is 9.70. The van der Waals surface area contributed by atoms with E-state index in [1.54, 1.807) is 18.3 Å². The van der Waals surface area contributed by atoms with Crippen LogP contribution < -0.4 is 10.1 Å². The first-order valence-electron chi connectivity index (χ1n) is 11.4. The van der Waals surface area contributed by atoms with E-state index in [4.69, 9.17) is 9.26 Å². The van der Waals surface area contributed by atoms with Gasteiger partial charge in [0.1, 0.15) is 34.0 Å². The molecule has 0 amide bonds. The Morgan fingerprint density at radius 3 is 2.65 bits per heavy atom. The Bertz CT molecular complexity index is 1550. The van der Waals surface area contributed by atoms with Gasteiger partial charge in [0.25, 0.3) is 0 Å². The van der Waals surface area contributed by atoms with Gasteiger partial charge in [-0.1, -0.05) is 11.2 Å². The fourth-order valence-electron chi connectivity index (χ4n) is 4.66. The normalized spacial score (nSPS) is 19.7. The van der Waals surface area contributed by atoms with Gasteiger partial charge in [-0.25, -0.2) is 0 Å². The Balaban J connectivity index is 1.47. The summed E-state index contributed by atoms with van der Waals surface area (Å²) in [5.74, 6) is -1.87. The van der Waals surface area contributed by atoms with Crippen molar-refractivity contribution in [2.45, 2.75) is 46.1 Å². The minimum absolute atomic E-state index is 0.0213. The predicted octanol–water partition coefficient (Wildman–Crippen LogP) is 3.39. The predicted molar refractivity (Wildman–Crippen MR) is 132 cm³/mol. The second-order valence-corrected chi connectivity index (χ2v) is 10.1. The van der Waals surface area contributed by atoms with Crippen LogP contribution in [0, 0.1) is 6.92 Å². The summed E-state index contributed by atoms with van der Waals surface area (Å²) in [6.07, 6.45) is 1.70. The fourth-order valence-corrected chi connectivity index (χ4v) is 5.36. The number of phenols is 2. The SMILES string of the molecule is CC(=O)c1c(O)c(C)c(O)c2c1OC1=CC(=O)/C(=C(/C)NCc3nc(Cc4cccs4)no3)C(=O)[C@]12C. The summed E-state index contributed by atoms with van der Waals surface area (Å²) in [7, 11) is 0. The van der Waals surface area contributed by atoms with Crippen molar-refractivity contribution in [2.75, 3.05) is 0 Å². The van der Waals surface area contributed by atoms with Crippen LogP contribution >= 0.6 is 11.3 Å². The molecule has 0 fully saturated rings. The molecule has 1 aliphatic carbocycles. The van der Waals surface area contributed by atoms with Gasteiger partial charge in [-0.15, -0.1) is 11.3 Å². The van der Waals surface area contributed by atoms with E-state index in [1.807, 2.05) is 17.5 Å². The molecule has 5 rings (SSSR count). The molecule has 3 N–H and O–H groups in total. The molecule has 190 valence electrons. The minimum atomic E-state index is -1.58. The Hall–Kier alpha value is -4.25. The molecule has 0 saturated carbocycles. The monoisotopic (exact) mass is 521 g/mol. The number of phenolic OH excluding ortho intramolecular Hbond substituents is 2. The molecule has 11 heteroatoms. The number of aromatic nitrogens is 2. The van der Waals surface area contributed by atoms with Crippen molar-refractivity contribution < 1.29 is 33.9 Å². The molecule has 0 spiro atoms. The maximum Gasteiger partial charge on any atom is 0.245 e. The van der Waals surface area contributed by atoms with Crippen LogP contribution in [0.5, 0.6) is 17.2 Å². The average Bonchev–Trinajstić information content (AvgIpc) is 3.57. The molecule has 1 aliphatic heterocycles. The van der Waals surface area contributed by atoms with Crippen molar-refractivity contribution >= 4 is 28.7 Å².